The van der Waals surface area contributed by atoms with Gasteiger partial charge in [0.05, 0.1) is 23.0 Å². The van der Waals surface area contributed by atoms with Crippen LogP contribution < -0.4 is 10.2 Å². The fourth-order valence-electron chi connectivity index (χ4n) is 2.38. The molecule has 0 radical (unpaired) electrons. The van der Waals surface area contributed by atoms with Crippen LogP contribution in [0.3, 0.4) is 0 Å². The van der Waals surface area contributed by atoms with Crippen LogP contribution in [0.2, 0.25) is 0 Å². The summed E-state index contributed by atoms with van der Waals surface area (Å²) in [5.74, 6) is -0.684. The van der Waals surface area contributed by atoms with Gasteiger partial charge in [0.1, 0.15) is 17.4 Å². The molecule has 1 heterocycles. The minimum Gasteiger partial charge on any atom is -0.324 e. The molecule has 0 saturated heterocycles. The van der Waals surface area contributed by atoms with Crippen LogP contribution >= 0.6 is 27.3 Å². The Bertz CT molecular complexity index is 850. The number of fused-ring (bicyclic) bond motifs is 1. The van der Waals surface area contributed by atoms with Crippen LogP contribution in [0.4, 0.5) is 10.1 Å². The number of amides is 1. The second-order valence-electron chi connectivity index (χ2n) is 5.56. The van der Waals surface area contributed by atoms with Crippen molar-refractivity contribution < 1.29 is 14.1 Å². The highest BCUT2D eigenvalue weighted by Crippen LogP contribution is 2.21. The largest absolute Gasteiger partial charge is 0.324 e. The van der Waals surface area contributed by atoms with E-state index in [0.29, 0.717) is 11.0 Å². The van der Waals surface area contributed by atoms with Crippen LogP contribution in [-0.4, -0.2) is 24.5 Å². The molecule has 0 saturated carbocycles. The Hall–Kier alpha value is -1.83. The lowest BCUT2D eigenvalue weighted by atomic mass is 10.3. The maximum atomic E-state index is 13.8. The summed E-state index contributed by atoms with van der Waals surface area (Å²) in [4.78, 5) is 17.7. The maximum absolute atomic E-state index is 13.8. The van der Waals surface area contributed by atoms with Gasteiger partial charge in [-0.05, 0) is 30.3 Å². The summed E-state index contributed by atoms with van der Waals surface area (Å²) in [5.41, 5.74) is 1.17. The van der Waals surface area contributed by atoms with Gasteiger partial charge in [0.2, 0.25) is 0 Å². The van der Waals surface area contributed by atoms with E-state index in [2.05, 4.69) is 26.2 Å². The predicted molar refractivity (Wildman–Crippen MR) is 97.8 cm³/mol. The molecule has 0 aliphatic heterocycles. The number of quaternary nitrogens is 1. The van der Waals surface area contributed by atoms with Gasteiger partial charge in [0.25, 0.3) is 5.91 Å². The SMILES string of the molecule is C[NH+](CC(=O)Nc1ccc(Br)cc1F)Cc1nc2ccccc2s1. The number of halogens is 2. The summed E-state index contributed by atoms with van der Waals surface area (Å²) in [5, 5.41) is 3.59. The third kappa shape index (κ3) is 4.17. The molecule has 24 heavy (non-hydrogen) atoms. The number of hydrogen-bond acceptors (Lipinski definition) is 3. The molecule has 1 atom stereocenters. The Morgan fingerprint density at radius 1 is 1.33 bits per heavy atom. The second-order valence-corrected chi connectivity index (χ2v) is 7.59. The lowest BCUT2D eigenvalue weighted by molar-refractivity contribution is -0.885. The van der Waals surface area contributed by atoms with E-state index in [-0.39, 0.29) is 18.1 Å². The van der Waals surface area contributed by atoms with E-state index >= 15 is 0 Å². The molecule has 0 spiro atoms. The molecule has 7 heteroatoms. The number of carbonyl (C=O) groups excluding carboxylic acids is 1. The zero-order chi connectivity index (χ0) is 17.1. The highest BCUT2D eigenvalue weighted by molar-refractivity contribution is 9.10. The molecular formula is C17H16BrFN3OS+. The Morgan fingerprint density at radius 3 is 2.88 bits per heavy atom. The summed E-state index contributed by atoms with van der Waals surface area (Å²) in [6, 6.07) is 12.5. The van der Waals surface area contributed by atoms with Crippen molar-refractivity contribution in [3.63, 3.8) is 0 Å². The summed E-state index contributed by atoms with van der Waals surface area (Å²) in [6.45, 7) is 0.890. The monoisotopic (exact) mass is 408 g/mol. The summed E-state index contributed by atoms with van der Waals surface area (Å²) in [6.07, 6.45) is 0. The molecule has 1 unspecified atom stereocenters. The topological polar surface area (TPSA) is 46.4 Å². The number of carbonyl (C=O) groups is 1. The first kappa shape index (κ1) is 17.0. The van der Waals surface area contributed by atoms with E-state index in [1.807, 2.05) is 31.3 Å². The van der Waals surface area contributed by atoms with Crippen molar-refractivity contribution in [1.82, 2.24) is 4.98 Å². The predicted octanol–water partition coefficient (Wildman–Crippen LogP) is 2.85. The Morgan fingerprint density at radius 2 is 2.12 bits per heavy atom. The lowest BCUT2D eigenvalue weighted by Crippen LogP contribution is -3.08. The van der Waals surface area contributed by atoms with Crippen LogP contribution in [0.15, 0.2) is 46.9 Å². The van der Waals surface area contributed by atoms with Crippen LogP contribution in [0, 0.1) is 5.82 Å². The number of nitrogens with one attached hydrogen (secondary N) is 2. The summed E-state index contributed by atoms with van der Waals surface area (Å²) < 4.78 is 15.5. The van der Waals surface area contributed by atoms with Gasteiger partial charge >= 0.3 is 0 Å². The number of rotatable bonds is 5. The van der Waals surface area contributed by atoms with Gasteiger partial charge in [-0.3, -0.25) is 4.79 Å². The minimum absolute atomic E-state index is 0.191. The highest BCUT2D eigenvalue weighted by Gasteiger charge is 2.15. The molecule has 2 aromatic carbocycles. The number of aromatic nitrogens is 1. The third-order valence-corrected chi connectivity index (χ3v) is 4.99. The van der Waals surface area contributed by atoms with Crippen molar-refractivity contribution >= 4 is 49.1 Å². The summed E-state index contributed by atoms with van der Waals surface area (Å²) in [7, 11) is 1.92. The minimum atomic E-state index is -0.457. The Balaban J connectivity index is 1.59. The number of hydrogen-bond donors (Lipinski definition) is 2. The normalized spacial score (nSPS) is 12.3. The lowest BCUT2D eigenvalue weighted by Gasteiger charge is -2.12. The molecule has 2 N–H and O–H groups in total. The van der Waals surface area contributed by atoms with Crippen molar-refractivity contribution in [3.8, 4) is 0 Å². The molecule has 3 rings (SSSR count). The highest BCUT2D eigenvalue weighted by atomic mass is 79.9. The first-order valence-corrected chi connectivity index (χ1v) is 9.03. The number of benzene rings is 2. The van der Waals surface area contributed by atoms with Gasteiger partial charge in [-0.15, -0.1) is 11.3 Å². The van der Waals surface area contributed by atoms with Gasteiger partial charge < -0.3 is 10.2 Å². The first-order chi connectivity index (χ1) is 11.5. The molecule has 124 valence electrons. The van der Waals surface area contributed by atoms with Crippen LogP contribution in [0.5, 0.6) is 0 Å². The Labute approximate surface area is 151 Å². The van der Waals surface area contributed by atoms with Crippen molar-refractivity contribution in [3.05, 3.63) is 57.8 Å². The number of nitrogens with zero attached hydrogens (tertiary/aromatic N) is 1. The van der Waals surface area contributed by atoms with Crippen molar-refractivity contribution in [2.24, 2.45) is 0 Å². The molecule has 1 amide bonds. The molecular weight excluding hydrogens is 393 g/mol. The average molecular weight is 409 g/mol. The zero-order valence-corrected chi connectivity index (χ0v) is 15.4. The molecule has 0 bridgehead atoms. The average Bonchev–Trinajstić information content (AvgIpc) is 2.91. The Kier molecular flexibility index (Phi) is 5.23. The first-order valence-electron chi connectivity index (χ1n) is 7.42. The second kappa shape index (κ2) is 7.38. The molecule has 3 aromatic rings. The molecule has 0 fully saturated rings. The molecule has 4 nitrogen and oxygen atoms in total. The van der Waals surface area contributed by atoms with Crippen LogP contribution in [0.1, 0.15) is 5.01 Å². The fourth-order valence-corrected chi connectivity index (χ4v) is 3.79. The van der Waals surface area contributed by atoms with Crippen molar-refractivity contribution in [2.75, 3.05) is 18.9 Å². The maximum Gasteiger partial charge on any atom is 0.279 e. The van der Waals surface area contributed by atoms with E-state index in [9.17, 15) is 9.18 Å². The zero-order valence-electron chi connectivity index (χ0n) is 13.0. The van der Waals surface area contributed by atoms with Gasteiger partial charge in [0.15, 0.2) is 6.54 Å². The fraction of sp³-hybridized carbons (Fsp3) is 0.176. The number of para-hydroxylation sites is 1. The van der Waals surface area contributed by atoms with Gasteiger partial charge in [-0.1, -0.05) is 28.1 Å². The van der Waals surface area contributed by atoms with E-state index in [1.54, 1.807) is 23.5 Å². The van der Waals surface area contributed by atoms with Gasteiger partial charge in [0, 0.05) is 4.47 Å². The van der Waals surface area contributed by atoms with Gasteiger partial charge in [-0.25, -0.2) is 9.37 Å². The number of likely N-dealkylation sites (N-methyl/N-ethyl adjacent to an activating group) is 1. The van der Waals surface area contributed by atoms with E-state index in [4.69, 9.17) is 0 Å². The summed E-state index contributed by atoms with van der Waals surface area (Å²) >= 11 is 4.82. The standard InChI is InChI=1S/C17H15BrFN3OS/c1-22(10-17-21-14-4-2-3-5-15(14)24-17)9-16(23)20-13-7-6-11(18)8-12(13)19/h2-8H,9-10H2,1H3,(H,20,23)/p+1. The molecule has 0 aliphatic rings. The van der Waals surface area contributed by atoms with E-state index in [1.165, 1.54) is 6.07 Å². The number of thiazole rings is 1. The van der Waals surface area contributed by atoms with E-state index < -0.39 is 5.82 Å². The third-order valence-electron chi connectivity index (χ3n) is 3.46. The molecule has 0 aliphatic carbocycles. The van der Waals surface area contributed by atoms with Crippen molar-refractivity contribution in [2.45, 2.75) is 6.54 Å². The van der Waals surface area contributed by atoms with Gasteiger partial charge in [-0.2, -0.15) is 0 Å². The van der Waals surface area contributed by atoms with E-state index in [0.717, 1.165) is 20.1 Å². The van der Waals surface area contributed by atoms with Crippen LogP contribution in [0.25, 0.3) is 10.2 Å². The van der Waals surface area contributed by atoms with Crippen LogP contribution in [-0.2, 0) is 11.3 Å². The quantitative estimate of drug-likeness (QED) is 0.681. The molecule has 1 aromatic heterocycles. The smallest absolute Gasteiger partial charge is 0.279 e. The van der Waals surface area contributed by atoms with Crippen molar-refractivity contribution in [1.29, 1.82) is 0 Å². The number of anilines is 1.